The molecule has 0 bridgehead atoms. The van der Waals surface area contributed by atoms with E-state index in [0.717, 1.165) is 5.56 Å². The number of anilines is 1. The predicted octanol–water partition coefficient (Wildman–Crippen LogP) is 1.89. The van der Waals surface area contributed by atoms with Crippen LogP contribution < -0.4 is 10.1 Å². The minimum absolute atomic E-state index is 0.0105. The van der Waals surface area contributed by atoms with E-state index in [2.05, 4.69) is 10.3 Å². The van der Waals surface area contributed by atoms with Crippen molar-refractivity contribution >= 4 is 17.5 Å². The number of carbonyl (C=O) groups is 2. The molecule has 7 heteroatoms. The number of hydrogen-bond acceptors (Lipinski definition) is 5. The summed E-state index contributed by atoms with van der Waals surface area (Å²) in [6.07, 6.45) is 3.80. The summed E-state index contributed by atoms with van der Waals surface area (Å²) in [4.78, 5) is 30.9. The molecule has 0 radical (unpaired) electrons. The van der Waals surface area contributed by atoms with Crippen LogP contribution in [0, 0.1) is 0 Å². The molecule has 2 aromatic rings. The van der Waals surface area contributed by atoms with Gasteiger partial charge in [0.05, 0.1) is 32.8 Å². The molecule has 0 saturated carbocycles. The van der Waals surface area contributed by atoms with Gasteiger partial charge in [-0.25, -0.2) is 0 Å². The Kier molecular flexibility index (Phi) is 6.38. The highest BCUT2D eigenvalue weighted by atomic mass is 16.5. The van der Waals surface area contributed by atoms with Crippen molar-refractivity contribution in [2.45, 2.75) is 18.9 Å². The fraction of sp³-hybridized carbons (Fsp3) is 0.350. The Morgan fingerprint density at radius 2 is 2.11 bits per heavy atom. The van der Waals surface area contributed by atoms with Crippen molar-refractivity contribution in [2.75, 3.05) is 32.2 Å². The number of benzene rings is 1. The van der Waals surface area contributed by atoms with Crippen molar-refractivity contribution in [1.82, 2.24) is 9.88 Å². The van der Waals surface area contributed by atoms with Crippen LogP contribution in [0.5, 0.6) is 5.75 Å². The Morgan fingerprint density at radius 1 is 1.30 bits per heavy atom. The highest BCUT2D eigenvalue weighted by Crippen LogP contribution is 2.18. The molecule has 27 heavy (non-hydrogen) atoms. The van der Waals surface area contributed by atoms with E-state index in [4.69, 9.17) is 9.47 Å². The van der Waals surface area contributed by atoms with Gasteiger partial charge in [-0.15, -0.1) is 0 Å². The average molecular weight is 369 g/mol. The highest BCUT2D eigenvalue weighted by molar-refractivity contribution is 5.91. The molecule has 0 spiro atoms. The smallest absolute Gasteiger partial charge is 0.227 e. The summed E-state index contributed by atoms with van der Waals surface area (Å²) in [6, 6.07) is 10.5. The van der Waals surface area contributed by atoms with Gasteiger partial charge in [-0.05, 0) is 29.8 Å². The van der Waals surface area contributed by atoms with Crippen LogP contribution in [0.15, 0.2) is 48.8 Å². The number of carbonyl (C=O) groups excluding carboxylic acids is 2. The van der Waals surface area contributed by atoms with Crippen LogP contribution in [0.2, 0.25) is 0 Å². The molecule has 1 aliphatic heterocycles. The fourth-order valence-electron chi connectivity index (χ4n) is 3.06. The number of ether oxygens (including phenoxy) is 2. The molecular formula is C20H23N3O4. The number of rotatable bonds is 6. The van der Waals surface area contributed by atoms with Crippen molar-refractivity contribution in [3.05, 3.63) is 54.4 Å². The third kappa shape index (κ3) is 5.27. The first-order chi connectivity index (χ1) is 13.2. The molecule has 7 nitrogen and oxygen atoms in total. The minimum atomic E-state index is -0.279. The number of nitrogens with zero attached hydrogens (tertiary/aromatic N) is 2. The molecule has 1 aliphatic rings. The molecule has 1 N–H and O–H groups in total. The minimum Gasteiger partial charge on any atom is -0.497 e. The second-order valence-electron chi connectivity index (χ2n) is 6.33. The maximum atomic E-state index is 12.7. The summed E-state index contributed by atoms with van der Waals surface area (Å²) in [5.74, 6) is 0.493. The molecule has 1 fully saturated rings. The van der Waals surface area contributed by atoms with Crippen molar-refractivity contribution in [3.8, 4) is 5.75 Å². The third-order valence-electron chi connectivity index (χ3n) is 4.43. The van der Waals surface area contributed by atoms with E-state index in [-0.39, 0.29) is 30.7 Å². The highest BCUT2D eigenvalue weighted by Gasteiger charge is 2.29. The molecular weight excluding hydrogens is 346 g/mol. The molecule has 142 valence electrons. The van der Waals surface area contributed by atoms with E-state index >= 15 is 0 Å². The zero-order chi connectivity index (χ0) is 19.1. The van der Waals surface area contributed by atoms with Crippen molar-refractivity contribution < 1.29 is 19.1 Å². The first kappa shape index (κ1) is 18.8. The van der Waals surface area contributed by atoms with Gasteiger partial charge in [0.2, 0.25) is 11.8 Å². The second kappa shape index (κ2) is 9.14. The molecule has 3 rings (SSSR count). The standard InChI is InChI=1S/C20H23N3O4/c1-26-18-4-2-3-16(12-18)22-19(24)13-17-14-27-10-9-23(17)20(25)11-15-5-7-21-8-6-15/h2-8,12,17H,9-11,13-14H2,1H3,(H,22,24)/t17-/m0/s1. The Balaban J connectivity index is 1.61. The maximum Gasteiger partial charge on any atom is 0.227 e. The largest absolute Gasteiger partial charge is 0.497 e. The Morgan fingerprint density at radius 3 is 2.89 bits per heavy atom. The quantitative estimate of drug-likeness (QED) is 0.841. The summed E-state index contributed by atoms with van der Waals surface area (Å²) in [6.45, 7) is 1.32. The molecule has 2 heterocycles. The Hall–Kier alpha value is -2.93. The molecule has 1 saturated heterocycles. The molecule has 1 aromatic carbocycles. The summed E-state index contributed by atoms with van der Waals surface area (Å²) < 4.78 is 10.7. The monoisotopic (exact) mass is 369 g/mol. The van der Waals surface area contributed by atoms with Gasteiger partial charge >= 0.3 is 0 Å². The van der Waals surface area contributed by atoms with Crippen LogP contribution in [0.25, 0.3) is 0 Å². The van der Waals surface area contributed by atoms with Crippen LogP contribution in [-0.4, -0.2) is 54.6 Å². The zero-order valence-electron chi connectivity index (χ0n) is 15.3. The van der Waals surface area contributed by atoms with Crippen LogP contribution in [0.4, 0.5) is 5.69 Å². The number of pyridine rings is 1. The molecule has 1 aromatic heterocycles. The Labute approximate surface area is 158 Å². The average Bonchev–Trinajstić information content (AvgIpc) is 2.69. The third-order valence-corrected chi connectivity index (χ3v) is 4.43. The number of morpholine rings is 1. The maximum absolute atomic E-state index is 12.7. The van der Waals surface area contributed by atoms with Crippen molar-refractivity contribution in [1.29, 1.82) is 0 Å². The lowest BCUT2D eigenvalue weighted by molar-refractivity contribution is -0.140. The van der Waals surface area contributed by atoms with Crippen LogP contribution in [0.1, 0.15) is 12.0 Å². The SMILES string of the molecule is COc1cccc(NC(=O)C[C@H]2COCCN2C(=O)Cc2ccncc2)c1. The molecule has 0 unspecified atom stereocenters. The summed E-state index contributed by atoms with van der Waals surface area (Å²) in [5.41, 5.74) is 1.56. The van der Waals surface area contributed by atoms with Crippen LogP contribution >= 0.6 is 0 Å². The van der Waals surface area contributed by atoms with E-state index in [1.807, 2.05) is 24.3 Å². The van der Waals surface area contributed by atoms with Gasteiger partial charge in [0.25, 0.3) is 0 Å². The predicted molar refractivity (Wildman–Crippen MR) is 101 cm³/mol. The number of hydrogen-bond donors (Lipinski definition) is 1. The summed E-state index contributed by atoms with van der Waals surface area (Å²) in [5, 5.41) is 2.85. The van der Waals surface area contributed by atoms with Crippen LogP contribution in [0.3, 0.4) is 0 Å². The van der Waals surface area contributed by atoms with E-state index in [0.29, 0.717) is 31.2 Å². The molecule has 2 amide bonds. The number of aromatic nitrogens is 1. The number of nitrogens with one attached hydrogen (secondary N) is 1. The zero-order valence-corrected chi connectivity index (χ0v) is 15.3. The lowest BCUT2D eigenvalue weighted by Crippen LogP contribution is -2.50. The lowest BCUT2D eigenvalue weighted by atomic mass is 10.1. The van der Waals surface area contributed by atoms with Gasteiger partial charge in [-0.3, -0.25) is 14.6 Å². The summed E-state index contributed by atoms with van der Waals surface area (Å²) >= 11 is 0. The van der Waals surface area contributed by atoms with Gasteiger partial charge < -0.3 is 19.7 Å². The van der Waals surface area contributed by atoms with Gasteiger partial charge in [-0.1, -0.05) is 6.07 Å². The van der Waals surface area contributed by atoms with Gasteiger partial charge in [0.15, 0.2) is 0 Å². The van der Waals surface area contributed by atoms with E-state index < -0.39 is 0 Å². The number of amides is 2. The molecule has 1 atom stereocenters. The van der Waals surface area contributed by atoms with Crippen molar-refractivity contribution in [2.24, 2.45) is 0 Å². The Bertz CT molecular complexity index is 782. The second-order valence-corrected chi connectivity index (χ2v) is 6.33. The van der Waals surface area contributed by atoms with Crippen molar-refractivity contribution in [3.63, 3.8) is 0 Å². The van der Waals surface area contributed by atoms with Gasteiger partial charge in [0, 0.05) is 37.1 Å². The first-order valence-corrected chi connectivity index (χ1v) is 8.85. The van der Waals surface area contributed by atoms with E-state index in [1.54, 1.807) is 36.5 Å². The van der Waals surface area contributed by atoms with Crippen LogP contribution in [-0.2, 0) is 20.7 Å². The number of methoxy groups -OCH3 is 1. The lowest BCUT2D eigenvalue weighted by Gasteiger charge is -2.35. The van der Waals surface area contributed by atoms with E-state index in [1.165, 1.54) is 0 Å². The van der Waals surface area contributed by atoms with E-state index in [9.17, 15) is 9.59 Å². The summed E-state index contributed by atoms with van der Waals surface area (Å²) in [7, 11) is 1.58. The van der Waals surface area contributed by atoms with Gasteiger partial charge in [0.1, 0.15) is 5.75 Å². The normalized spacial score (nSPS) is 16.6. The fourth-order valence-corrected chi connectivity index (χ4v) is 3.06. The topological polar surface area (TPSA) is 80.8 Å². The van der Waals surface area contributed by atoms with Gasteiger partial charge in [-0.2, -0.15) is 0 Å². The molecule has 0 aliphatic carbocycles. The first-order valence-electron chi connectivity index (χ1n) is 8.85.